The van der Waals surface area contributed by atoms with Crippen LogP contribution in [0.25, 0.3) is 10.4 Å². The number of anilines is 1. The number of nitrogens with zero attached hydrogens (tertiary/aromatic N) is 3. The van der Waals surface area contributed by atoms with Crippen LogP contribution in [0.5, 0.6) is 5.75 Å². The van der Waals surface area contributed by atoms with Crippen molar-refractivity contribution in [3.05, 3.63) is 32.1 Å². The molecule has 0 fully saturated rings. The topological polar surface area (TPSA) is 70.0 Å². The van der Waals surface area contributed by atoms with E-state index in [-0.39, 0.29) is 6.04 Å². The second kappa shape index (κ2) is 4.82. The maximum Gasteiger partial charge on any atom is 0.145 e. The zero-order valence-electron chi connectivity index (χ0n) is 8.15. The van der Waals surface area contributed by atoms with Crippen molar-refractivity contribution in [1.82, 2.24) is 0 Å². The Kier molecular flexibility index (Phi) is 3.43. The van der Waals surface area contributed by atoms with Crippen molar-refractivity contribution in [3.8, 4) is 5.75 Å². The maximum atomic E-state index is 8.25. The number of hydrogen-bond donors (Lipinski definition) is 1. The van der Waals surface area contributed by atoms with Crippen LogP contribution in [0.3, 0.4) is 0 Å². The van der Waals surface area contributed by atoms with E-state index >= 15 is 0 Å². The fourth-order valence-electron chi connectivity index (χ4n) is 1.47. The molecule has 7 heteroatoms. The third-order valence-electron chi connectivity index (χ3n) is 2.17. The van der Waals surface area contributed by atoms with Crippen LogP contribution < -0.4 is 10.1 Å². The van der Waals surface area contributed by atoms with Gasteiger partial charge in [-0.1, -0.05) is 16.7 Å². The molecule has 1 aromatic carbocycles. The van der Waals surface area contributed by atoms with Crippen molar-refractivity contribution >= 4 is 33.2 Å². The Morgan fingerprint density at radius 2 is 2.50 bits per heavy atom. The number of halogens is 2. The van der Waals surface area contributed by atoms with Gasteiger partial charge in [-0.2, -0.15) is 0 Å². The lowest BCUT2D eigenvalue weighted by Gasteiger charge is -2.27. The van der Waals surface area contributed by atoms with E-state index in [1.807, 2.05) is 0 Å². The van der Waals surface area contributed by atoms with Crippen LogP contribution in [0, 0.1) is 0 Å². The number of fused-ring (bicyclic) bond motifs is 1. The summed E-state index contributed by atoms with van der Waals surface area (Å²) < 4.78 is 6.37. The molecule has 0 saturated carbocycles. The summed E-state index contributed by atoms with van der Waals surface area (Å²) in [5.74, 6) is 0.705. The van der Waals surface area contributed by atoms with Gasteiger partial charge in [-0.3, -0.25) is 0 Å². The van der Waals surface area contributed by atoms with Crippen LogP contribution in [0.15, 0.2) is 21.7 Å². The zero-order chi connectivity index (χ0) is 11.5. The number of ether oxygens (including phenoxy) is 1. The average molecular weight is 304 g/mol. The minimum Gasteiger partial charge on any atom is -0.489 e. The molecule has 0 aromatic heterocycles. The van der Waals surface area contributed by atoms with Crippen molar-refractivity contribution in [2.75, 3.05) is 18.5 Å². The third-order valence-corrected chi connectivity index (χ3v) is 3.02. The highest BCUT2D eigenvalue weighted by molar-refractivity contribution is 9.10. The van der Waals surface area contributed by atoms with Gasteiger partial charge in [0.2, 0.25) is 0 Å². The van der Waals surface area contributed by atoms with Gasteiger partial charge in [0.05, 0.1) is 11.7 Å². The molecule has 1 heterocycles. The van der Waals surface area contributed by atoms with Gasteiger partial charge < -0.3 is 10.1 Å². The first-order valence-corrected chi connectivity index (χ1v) is 5.77. The van der Waals surface area contributed by atoms with Gasteiger partial charge in [0.15, 0.2) is 0 Å². The van der Waals surface area contributed by atoms with Gasteiger partial charge >= 0.3 is 0 Å². The summed E-state index contributed by atoms with van der Waals surface area (Å²) in [6.07, 6.45) is 0. The number of rotatable bonds is 2. The van der Waals surface area contributed by atoms with Crippen LogP contribution in [0.4, 0.5) is 5.69 Å². The molecule has 16 heavy (non-hydrogen) atoms. The molecule has 0 amide bonds. The molecule has 84 valence electrons. The van der Waals surface area contributed by atoms with Crippen LogP contribution in [0.1, 0.15) is 0 Å². The summed E-state index contributed by atoms with van der Waals surface area (Å²) in [7, 11) is 0. The molecule has 1 aromatic rings. The molecule has 1 aliphatic heterocycles. The number of nitrogens with one attached hydrogen (secondary N) is 1. The summed E-state index contributed by atoms with van der Waals surface area (Å²) in [4.78, 5) is 2.72. The second-order valence-corrected chi connectivity index (χ2v) is 4.62. The second-order valence-electron chi connectivity index (χ2n) is 3.33. The first-order chi connectivity index (χ1) is 7.70. The monoisotopic (exact) mass is 302 g/mol. The predicted molar refractivity (Wildman–Crippen MR) is 66.1 cm³/mol. The van der Waals surface area contributed by atoms with Gasteiger partial charge in [-0.25, -0.2) is 0 Å². The highest BCUT2D eigenvalue weighted by atomic mass is 79.9. The van der Waals surface area contributed by atoms with Crippen LogP contribution in [-0.4, -0.2) is 19.2 Å². The molecule has 0 saturated heterocycles. The Morgan fingerprint density at radius 1 is 1.69 bits per heavy atom. The van der Waals surface area contributed by atoms with Gasteiger partial charge in [0, 0.05) is 27.0 Å². The minimum atomic E-state index is -0.0131. The fourth-order valence-corrected chi connectivity index (χ4v) is 2.37. The van der Waals surface area contributed by atoms with E-state index in [1.165, 1.54) is 0 Å². The van der Waals surface area contributed by atoms with Crippen molar-refractivity contribution in [3.63, 3.8) is 0 Å². The van der Waals surface area contributed by atoms with E-state index in [0.717, 1.165) is 10.2 Å². The normalized spacial score (nSPS) is 17.8. The summed E-state index contributed by atoms with van der Waals surface area (Å²) in [5.41, 5.74) is 9.09. The van der Waals surface area contributed by atoms with Gasteiger partial charge in [0.25, 0.3) is 0 Å². The molecule has 1 unspecified atom stereocenters. The van der Waals surface area contributed by atoms with Gasteiger partial charge in [-0.05, 0) is 27.5 Å². The number of benzene rings is 1. The van der Waals surface area contributed by atoms with Gasteiger partial charge in [-0.15, -0.1) is 0 Å². The average Bonchev–Trinajstić information content (AvgIpc) is 2.26. The van der Waals surface area contributed by atoms with Crippen LogP contribution in [0.2, 0.25) is 5.02 Å². The quantitative estimate of drug-likeness (QED) is 0.515. The summed E-state index contributed by atoms with van der Waals surface area (Å²) >= 11 is 9.30. The lowest BCUT2D eigenvalue weighted by molar-refractivity contribution is 0.286. The minimum absolute atomic E-state index is 0.0131. The lowest BCUT2D eigenvalue weighted by atomic mass is 10.2. The van der Waals surface area contributed by atoms with Crippen molar-refractivity contribution < 1.29 is 4.74 Å². The molecule has 1 aliphatic rings. The van der Waals surface area contributed by atoms with E-state index < -0.39 is 0 Å². The molecule has 5 nitrogen and oxygen atoms in total. The number of azide groups is 1. The molecular formula is C9H8BrClN4O. The molecule has 1 atom stereocenters. The first-order valence-electron chi connectivity index (χ1n) is 4.60. The Hall–Kier alpha value is -1.10. The largest absolute Gasteiger partial charge is 0.489 e. The SMILES string of the molecule is [N-]=[N+]=NCC1COc2cc(Cl)cc(Br)c2N1. The molecule has 0 bridgehead atoms. The van der Waals surface area contributed by atoms with E-state index in [0.29, 0.717) is 23.9 Å². The molecule has 0 aliphatic carbocycles. The molecule has 2 rings (SSSR count). The van der Waals surface area contributed by atoms with Gasteiger partial charge in [0.1, 0.15) is 12.4 Å². The van der Waals surface area contributed by atoms with E-state index in [2.05, 4.69) is 31.3 Å². The number of hydrogen-bond acceptors (Lipinski definition) is 3. The Balaban J connectivity index is 2.23. The molecule has 0 spiro atoms. The standard InChI is InChI=1S/C9H8BrClN4O/c10-7-1-5(11)2-8-9(7)14-6(4-16-8)3-13-15-12/h1-2,6,14H,3-4H2. The predicted octanol–water partition coefficient (Wildman–Crippen LogP) is 3.59. The fraction of sp³-hybridized carbons (Fsp3) is 0.333. The van der Waals surface area contributed by atoms with Crippen LogP contribution >= 0.6 is 27.5 Å². The van der Waals surface area contributed by atoms with E-state index in [9.17, 15) is 0 Å². The Bertz CT molecular complexity index is 461. The first kappa shape index (κ1) is 11.4. The van der Waals surface area contributed by atoms with Crippen molar-refractivity contribution in [2.45, 2.75) is 6.04 Å². The summed E-state index contributed by atoms with van der Waals surface area (Å²) in [6, 6.07) is 3.52. The summed E-state index contributed by atoms with van der Waals surface area (Å²) in [5, 5.41) is 7.36. The Morgan fingerprint density at radius 3 is 3.25 bits per heavy atom. The van der Waals surface area contributed by atoms with E-state index in [1.54, 1.807) is 12.1 Å². The highest BCUT2D eigenvalue weighted by Crippen LogP contribution is 2.38. The van der Waals surface area contributed by atoms with Crippen molar-refractivity contribution in [1.29, 1.82) is 0 Å². The van der Waals surface area contributed by atoms with Crippen LogP contribution in [-0.2, 0) is 0 Å². The molecule has 0 radical (unpaired) electrons. The summed E-state index contributed by atoms with van der Waals surface area (Å²) in [6.45, 7) is 0.809. The zero-order valence-corrected chi connectivity index (χ0v) is 10.5. The smallest absolute Gasteiger partial charge is 0.145 e. The molecule has 1 N–H and O–H groups in total. The Labute approximate surface area is 105 Å². The maximum absolute atomic E-state index is 8.25. The lowest BCUT2D eigenvalue weighted by Crippen LogP contribution is -2.33. The third kappa shape index (κ3) is 2.35. The molecular weight excluding hydrogens is 295 g/mol. The van der Waals surface area contributed by atoms with E-state index in [4.69, 9.17) is 21.9 Å². The highest BCUT2D eigenvalue weighted by Gasteiger charge is 2.20. The van der Waals surface area contributed by atoms with Crippen molar-refractivity contribution in [2.24, 2.45) is 5.11 Å².